The third kappa shape index (κ3) is 10.8. The largest absolute Gasteiger partial charge is 0.501 e. The Labute approximate surface area is 414 Å². The lowest BCUT2D eigenvalue weighted by Crippen LogP contribution is -2.48. The van der Waals surface area contributed by atoms with Gasteiger partial charge < -0.3 is 29.9 Å². The number of ether oxygens (including phenoxy) is 1. The first-order valence-electron chi connectivity index (χ1n) is 23.3. The molecule has 3 aromatic carbocycles. The molecule has 2 aromatic heterocycles. The van der Waals surface area contributed by atoms with Gasteiger partial charge in [-0.15, -0.1) is 0 Å². The fourth-order valence-corrected chi connectivity index (χ4v) is 12.3. The number of sulfonamides is 1. The van der Waals surface area contributed by atoms with Crippen LogP contribution >= 0.6 is 11.6 Å². The third-order valence-corrected chi connectivity index (χ3v) is 17.1. The first-order chi connectivity index (χ1) is 33.6. The van der Waals surface area contributed by atoms with Crippen LogP contribution < -0.4 is 19.7 Å². The van der Waals surface area contributed by atoms with Gasteiger partial charge in [-0.25, -0.2) is 31.3 Å². The molecule has 1 aliphatic carbocycles. The lowest BCUT2D eigenvalue weighted by molar-refractivity contribution is -0.0436. The van der Waals surface area contributed by atoms with Gasteiger partial charge in [-0.1, -0.05) is 43.2 Å². The molecule has 5 aromatic rings. The number of aromatic nitrogens is 2. The van der Waals surface area contributed by atoms with E-state index in [0.29, 0.717) is 73.4 Å². The lowest BCUT2D eigenvalue weighted by atomic mass is 9.72. The highest BCUT2D eigenvalue weighted by Crippen LogP contribution is 2.44. The van der Waals surface area contributed by atoms with Crippen molar-refractivity contribution in [2.45, 2.75) is 73.3 Å². The summed E-state index contributed by atoms with van der Waals surface area (Å²) in [6.07, 6.45) is 6.21. The average Bonchev–Trinajstić information content (AvgIpc) is 4.08. The molecule has 0 saturated carbocycles. The predicted molar refractivity (Wildman–Crippen MR) is 263 cm³/mol. The Kier molecular flexibility index (Phi) is 13.8. The van der Waals surface area contributed by atoms with Gasteiger partial charge in [-0.05, 0) is 103 Å². The summed E-state index contributed by atoms with van der Waals surface area (Å²) in [4.78, 5) is 38.7. The molecule has 0 spiro atoms. The van der Waals surface area contributed by atoms with Crippen LogP contribution in [0.3, 0.4) is 0 Å². The number of carbonyl (C=O) groups is 2. The van der Waals surface area contributed by atoms with Crippen molar-refractivity contribution in [2.75, 3.05) is 69.1 Å². The van der Waals surface area contributed by atoms with E-state index < -0.39 is 52.8 Å². The number of pyridine rings is 1. The van der Waals surface area contributed by atoms with Gasteiger partial charge in [0.25, 0.3) is 25.8 Å². The maximum absolute atomic E-state index is 14.1. The Morgan fingerprint density at radius 1 is 0.958 bits per heavy atom. The number of piperazine rings is 2. The van der Waals surface area contributed by atoms with E-state index in [2.05, 4.69) is 56.0 Å². The SMILES string of the molecule is CC1(C)CCC(CN2CCN(c3ccc(C(=O)NS(=O)(=O)c4ccc(NCCCN5C[C@H]6C[C@@H]5CN6C(=O)O)c(S(=O)(=O)C(F)(F)F)c4)c(Oc4cnc5[nH]ccc5c4)c3)CC2)=C(c2ccc(Cl)cc2)C1. The lowest BCUT2D eigenvalue weighted by Gasteiger charge is -2.39. The quantitative estimate of drug-likeness (QED) is 0.0730. The molecule has 3 saturated heterocycles. The number of anilines is 2. The Bertz CT molecular complexity index is 3110. The number of halogens is 4. The monoisotopic (exact) mass is 1040 g/mol. The molecule has 3 aliphatic heterocycles. The zero-order chi connectivity index (χ0) is 50.5. The minimum absolute atomic E-state index is 0.00354. The van der Waals surface area contributed by atoms with Crippen LogP contribution in [0.15, 0.2) is 101 Å². The molecule has 71 heavy (non-hydrogen) atoms. The maximum Gasteiger partial charge on any atom is 0.501 e. The topological polar surface area (TPSA) is 198 Å². The number of amides is 2. The summed E-state index contributed by atoms with van der Waals surface area (Å²) < 4.78 is 104. The highest BCUT2D eigenvalue weighted by atomic mass is 35.5. The molecule has 9 rings (SSSR count). The number of alkyl halides is 3. The van der Waals surface area contributed by atoms with E-state index in [1.54, 1.807) is 30.5 Å². The molecule has 378 valence electrons. The number of allylic oxidation sites excluding steroid dienone is 1. The highest BCUT2D eigenvalue weighted by molar-refractivity contribution is 7.92. The summed E-state index contributed by atoms with van der Waals surface area (Å²) in [7, 11) is -11.1. The smallest absolute Gasteiger partial charge is 0.465 e. The minimum atomic E-state index is -6.10. The van der Waals surface area contributed by atoms with Crippen molar-refractivity contribution in [1.29, 1.82) is 0 Å². The van der Waals surface area contributed by atoms with E-state index >= 15 is 0 Å². The van der Waals surface area contributed by atoms with Gasteiger partial charge in [0.15, 0.2) is 0 Å². The summed E-state index contributed by atoms with van der Waals surface area (Å²) >= 11 is 6.23. The summed E-state index contributed by atoms with van der Waals surface area (Å²) in [5, 5.41) is 13.5. The molecule has 4 aliphatic rings. The number of likely N-dealkylation sites (tertiary alicyclic amines) is 2. The first kappa shape index (κ1) is 50.1. The molecule has 0 unspecified atom stereocenters. The van der Waals surface area contributed by atoms with Gasteiger partial charge in [-0.2, -0.15) is 13.2 Å². The van der Waals surface area contributed by atoms with Crippen LogP contribution in [0.1, 0.15) is 61.9 Å². The molecular formula is C49H54ClF3N8O8S2. The summed E-state index contributed by atoms with van der Waals surface area (Å²) in [6.45, 7) is 9.48. The average molecular weight is 1040 g/mol. The number of sulfone groups is 1. The maximum atomic E-state index is 14.1. The van der Waals surface area contributed by atoms with Crippen molar-refractivity contribution in [2.24, 2.45) is 5.41 Å². The second kappa shape index (κ2) is 19.6. The molecule has 2 atom stereocenters. The van der Waals surface area contributed by atoms with Gasteiger partial charge in [0.1, 0.15) is 22.0 Å². The van der Waals surface area contributed by atoms with E-state index in [4.69, 9.17) is 16.3 Å². The number of aromatic amines is 1. The molecule has 0 radical (unpaired) electrons. The van der Waals surface area contributed by atoms with Crippen LogP contribution in [0.5, 0.6) is 11.5 Å². The number of benzene rings is 3. The number of hydrogen-bond donors (Lipinski definition) is 4. The van der Waals surface area contributed by atoms with Gasteiger partial charge in [-0.3, -0.25) is 14.6 Å². The van der Waals surface area contributed by atoms with Crippen LogP contribution in [0.4, 0.5) is 29.3 Å². The normalized spacial score (nSPS) is 19.9. The third-order valence-electron chi connectivity index (χ3n) is 14.0. The second-order valence-corrected chi connectivity index (χ2v) is 23.4. The number of carbonyl (C=O) groups excluding carboxylic acids is 1. The number of carboxylic acid groups (broad SMARTS) is 1. The summed E-state index contributed by atoms with van der Waals surface area (Å²) in [5.41, 5.74) is -1.09. The molecule has 22 heteroatoms. The highest BCUT2D eigenvalue weighted by Gasteiger charge is 2.49. The molecule has 4 N–H and O–H groups in total. The molecule has 2 bridgehead atoms. The van der Waals surface area contributed by atoms with Gasteiger partial charge in [0.05, 0.1) is 22.3 Å². The van der Waals surface area contributed by atoms with Crippen LogP contribution in [0.2, 0.25) is 5.02 Å². The van der Waals surface area contributed by atoms with Crippen molar-refractivity contribution in [1.82, 2.24) is 29.4 Å². The second-order valence-electron chi connectivity index (χ2n) is 19.4. The van der Waals surface area contributed by atoms with Crippen molar-refractivity contribution in [3.05, 3.63) is 107 Å². The first-order valence-corrected chi connectivity index (χ1v) is 26.7. The Morgan fingerprint density at radius 2 is 1.72 bits per heavy atom. The van der Waals surface area contributed by atoms with Gasteiger partial charge >= 0.3 is 11.6 Å². The van der Waals surface area contributed by atoms with Crippen LogP contribution in [-0.4, -0.2) is 135 Å². The van der Waals surface area contributed by atoms with E-state index in [1.807, 2.05) is 16.9 Å². The van der Waals surface area contributed by atoms with E-state index in [9.17, 15) is 44.7 Å². The Morgan fingerprint density at radius 3 is 2.42 bits per heavy atom. The summed E-state index contributed by atoms with van der Waals surface area (Å²) in [6, 6.07) is 18.2. The number of nitrogens with zero attached hydrogens (tertiary/aromatic N) is 5. The number of fused-ring (bicyclic) bond motifs is 3. The molecule has 3 fully saturated rings. The zero-order valence-electron chi connectivity index (χ0n) is 39.0. The van der Waals surface area contributed by atoms with Crippen LogP contribution in [-0.2, 0) is 19.9 Å². The molecule has 5 heterocycles. The fraction of sp³-hybridized carbons (Fsp3) is 0.408. The number of rotatable bonds is 15. The van der Waals surface area contributed by atoms with Crippen molar-refractivity contribution >= 4 is 71.4 Å². The standard InChI is InChI=1S/C49H54ClF3N8O8S2/c1-48(2)14-12-33(41(26-48)31-4-6-34(50)7-5-31)28-58-18-20-59(21-19-58)35-8-10-40(43(24-35)69-38-22-32-13-16-55-45(32)56-27-38)46(62)57-71(67,68)39-9-11-42(44(25-39)70(65,66)49(51,52)53)54-15-3-17-60-29-37-23-36(60)30-61(37)47(63)64/h4-11,13,16,22,24-25,27,36-37,54H,3,12,14-15,17-21,23,26,28-30H2,1-2H3,(H,55,56)(H,57,62)(H,63,64)/t36-,37-/m1/s1. The molecule has 16 nitrogen and oxygen atoms in total. The van der Waals surface area contributed by atoms with Gasteiger partial charge in [0, 0.05) is 99.3 Å². The van der Waals surface area contributed by atoms with Gasteiger partial charge in [0.2, 0.25) is 0 Å². The molecule has 2 amide bonds. The van der Waals surface area contributed by atoms with E-state index in [0.717, 1.165) is 51.0 Å². The van der Waals surface area contributed by atoms with Crippen LogP contribution in [0, 0.1) is 5.41 Å². The minimum Gasteiger partial charge on any atom is -0.465 e. The Balaban J connectivity index is 0.919. The van der Waals surface area contributed by atoms with Crippen molar-refractivity contribution < 1.29 is 49.4 Å². The Hall–Kier alpha value is -5.87. The zero-order valence-corrected chi connectivity index (χ0v) is 41.4. The van der Waals surface area contributed by atoms with Crippen LogP contribution in [0.25, 0.3) is 16.6 Å². The van der Waals surface area contributed by atoms with Crippen molar-refractivity contribution in [3.63, 3.8) is 0 Å². The van der Waals surface area contributed by atoms with Crippen molar-refractivity contribution in [3.8, 4) is 11.5 Å². The van der Waals surface area contributed by atoms with E-state index in [1.165, 1.54) is 33.9 Å². The fourth-order valence-electron chi connectivity index (χ4n) is 10.1. The number of hydrogen-bond acceptors (Lipinski definition) is 12. The molecular weight excluding hydrogens is 985 g/mol. The number of nitrogens with one attached hydrogen (secondary N) is 3. The predicted octanol–water partition coefficient (Wildman–Crippen LogP) is 8.45. The number of H-pyrrole nitrogens is 1. The van der Waals surface area contributed by atoms with E-state index in [-0.39, 0.29) is 41.1 Å². The summed E-state index contributed by atoms with van der Waals surface area (Å²) in [5.74, 6) is -0.978.